The van der Waals surface area contributed by atoms with Gasteiger partial charge in [0.25, 0.3) is 5.91 Å². The SMILES string of the molecule is COC(=O)NC(C(=O)N1CCCC1c1nc2ccc(-c3csc4c(-c5ccc(-c6cnc(C7CCCN7C(=O)[C@@H](NC(=O)OC)C(C)C)[nH]6)cc5)csc34)cc2[nH]1)c1ccccc1. The van der Waals surface area contributed by atoms with Crippen LogP contribution in [0.5, 0.6) is 0 Å². The highest BCUT2D eigenvalue weighted by atomic mass is 32.1. The minimum absolute atomic E-state index is 0.107. The summed E-state index contributed by atoms with van der Waals surface area (Å²) < 4.78 is 12.1. The van der Waals surface area contributed by atoms with Crippen molar-refractivity contribution < 1.29 is 28.7 Å². The number of fused-ring (bicyclic) bond motifs is 2. The van der Waals surface area contributed by atoms with Gasteiger partial charge >= 0.3 is 12.2 Å². The van der Waals surface area contributed by atoms with Gasteiger partial charge in [-0.15, -0.1) is 22.7 Å². The summed E-state index contributed by atoms with van der Waals surface area (Å²) in [5.74, 6) is 1.00. The predicted molar refractivity (Wildman–Crippen MR) is 244 cm³/mol. The molecule has 9 rings (SSSR count). The molecule has 0 aliphatic carbocycles. The molecule has 6 heterocycles. The molecule has 4 N–H and O–H groups in total. The average Bonchev–Trinajstić information content (AvgIpc) is 4.17. The van der Waals surface area contributed by atoms with Crippen LogP contribution in [0, 0.1) is 5.92 Å². The number of H-pyrrole nitrogens is 2. The lowest BCUT2D eigenvalue weighted by molar-refractivity contribution is -0.135. The molecule has 0 radical (unpaired) electrons. The number of rotatable bonds is 11. The zero-order valence-electron chi connectivity index (χ0n) is 35.3. The molecule has 2 fully saturated rings. The van der Waals surface area contributed by atoms with E-state index in [4.69, 9.17) is 19.4 Å². The van der Waals surface area contributed by atoms with E-state index in [9.17, 15) is 19.2 Å². The summed E-state index contributed by atoms with van der Waals surface area (Å²) in [5.41, 5.74) is 8.79. The van der Waals surface area contributed by atoms with Crippen LogP contribution in [0.3, 0.4) is 0 Å². The summed E-state index contributed by atoms with van der Waals surface area (Å²) >= 11 is 3.46. The number of likely N-dealkylation sites (tertiary alicyclic amines) is 2. The number of carbonyl (C=O) groups excluding carboxylic acids is 4. The lowest BCUT2D eigenvalue weighted by atomic mass is 10.0. The number of hydrogen-bond donors (Lipinski definition) is 4. The number of thiophene rings is 2. The first kappa shape index (κ1) is 41.8. The number of aromatic amines is 2. The molecule has 4 amide bonds. The van der Waals surface area contributed by atoms with Crippen molar-refractivity contribution in [3.63, 3.8) is 0 Å². The van der Waals surface area contributed by atoms with Gasteiger partial charge in [-0.2, -0.15) is 0 Å². The van der Waals surface area contributed by atoms with Crippen LogP contribution in [-0.2, 0) is 19.1 Å². The Hall–Kier alpha value is -6.52. The van der Waals surface area contributed by atoms with E-state index in [1.807, 2.05) is 66.2 Å². The van der Waals surface area contributed by atoms with Crippen LogP contribution in [0.4, 0.5) is 9.59 Å². The molecule has 4 aromatic heterocycles. The Bertz CT molecular complexity index is 2790. The van der Waals surface area contributed by atoms with E-state index in [0.29, 0.717) is 18.7 Å². The lowest BCUT2D eigenvalue weighted by Crippen LogP contribution is -2.51. The van der Waals surface area contributed by atoms with Gasteiger partial charge in [0, 0.05) is 35.0 Å². The summed E-state index contributed by atoms with van der Waals surface area (Å²) in [6.07, 6.45) is 3.74. The van der Waals surface area contributed by atoms with Gasteiger partial charge < -0.3 is 39.9 Å². The number of aromatic nitrogens is 4. The summed E-state index contributed by atoms with van der Waals surface area (Å²) in [5, 5.41) is 9.87. The summed E-state index contributed by atoms with van der Waals surface area (Å²) in [4.78, 5) is 72.3. The Morgan fingerprint density at radius 1 is 0.730 bits per heavy atom. The molecular weight excluding hydrogens is 837 g/mol. The summed E-state index contributed by atoms with van der Waals surface area (Å²) in [6.45, 7) is 4.96. The second-order valence-corrected chi connectivity index (χ2v) is 18.0. The van der Waals surface area contributed by atoms with Crippen LogP contribution in [0.1, 0.15) is 74.9 Å². The van der Waals surface area contributed by atoms with Gasteiger partial charge in [-0.1, -0.05) is 74.5 Å². The normalized spacial score (nSPS) is 17.3. The molecule has 3 aromatic carbocycles. The second-order valence-electron chi connectivity index (χ2n) is 16.3. The van der Waals surface area contributed by atoms with Crippen molar-refractivity contribution in [3.8, 4) is 33.5 Å². The highest BCUT2D eigenvalue weighted by molar-refractivity contribution is 7.27. The van der Waals surface area contributed by atoms with Crippen LogP contribution in [0.25, 0.3) is 53.9 Å². The average molecular weight is 885 g/mol. The van der Waals surface area contributed by atoms with E-state index in [2.05, 4.69) is 67.8 Å². The molecule has 0 saturated carbocycles. The minimum Gasteiger partial charge on any atom is -0.453 e. The third-order valence-corrected chi connectivity index (χ3v) is 14.3. The fraction of sp³-hybridized carbons (Fsp3) is 0.319. The van der Waals surface area contributed by atoms with Crippen LogP contribution in [-0.4, -0.2) is 87.1 Å². The molecule has 2 saturated heterocycles. The van der Waals surface area contributed by atoms with Gasteiger partial charge in [0.05, 0.1) is 58.6 Å². The number of benzene rings is 3. The maximum Gasteiger partial charge on any atom is 0.407 e. The molecule has 0 spiro atoms. The Morgan fingerprint density at radius 3 is 2.00 bits per heavy atom. The molecule has 324 valence electrons. The van der Waals surface area contributed by atoms with Crippen LogP contribution in [0.15, 0.2) is 89.8 Å². The molecule has 14 nitrogen and oxygen atoms in total. The molecule has 16 heteroatoms. The highest BCUT2D eigenvalue weighted by Gasteiger charge is 2.39. The van der Waals surface area contributed by atoms with Gasteiger partial charge in [0.15, 0.2) is 0 Å². The number of hydrogen-bond acceptors (Lipinski definition) is 10. The largest absolute Gasteiger partial charge is 0.453 e. The number of carbonyl (C=O) groups is 4. The number of amides is 4. The predicted octanol–water partition coefficient (Wildman–Crippen LogP) is 9.37. The van der Waals surface area contributed by atoms with E-state index >= 15 is 0 Å². The number of imidazole rings is 2. The topological polar surface area (TPSA) is 175 Å². The third-order valence-electron chi connectivity index (χ3n) is 12.1. The van der Waals surface area contributed by atoms with Gasteiger partial charge in [-0.05, 0) is 66.0 Å². The zero-order valence-corrected chi connectivity index (χ0v) is 37.0. The molecule has 4 atom stereocenters. The van der Waals surface area contributed by atoms with Crippen LogP contribution < -0.4 is 10.6 Å². The van der Waals surface area contributed by atoms with E-state index in [1.54, 1.807) is 22.7 Å². The fourth-order valence-electron chi connectivity index (χ4n) is 8.84. The fourth-order valence-corrected chi connectivity index (χ4v) is 11.3. The van der Waals surface area contributed by atoms with Crippen molar-refractivity contribution in [2.24, 2.45) is 5.92 Å². The van der Waals surface area contributed by atoms with Crippen molar-refractivity contribution >= 4 is 67.1 Å². The van der Waals surface area contributed by atoms with Gasteiger partial charge in [0.2, 0.25) is 5.91 Å². The molecular formula is C47H48N8O6S2. The highest BCUT2D eigenvalue weighted by Crippen LogP contribution is 2.45. The van der Waals surface area contributed by atoms with Crippen molar-refractivity contribution in [2.45, 2.75) is 63.7 Å². The molecule has 7 aromatic rings. The van der Waals surface area contributed by atoms with Gasteiger partial charge in [-0.25, -0.2) is 19.6 Å². The van der Waals surface area contributed by atoms with Crippen LogP contribution in [0.2, 0.25) is 0 Å². The Labute approximate surface area is 372 Å². The maximum absolute atomic E-state index is 14.0. The van der Waals surface area contributed by atoms with E-state index in [0.717, 1.165) is 76.3 Å². The van der Waals surface area contributed by atoms with Crippen molar-refractivity contribution in [2.75, 3.05) is 27.3 Å². The van der Waals surface area contributed by atoms with Gasteiger partial charge in [0.1, 0.15) is 23.7 Å². The monoisotopic (exact) mass is 884 g/mol. The quantitative estimate of drug-likeness (QED) is 0.0994. The number of ether oxygens (including phenoxy) is 2. The van der Waals surface area contributed by atoms with Gasteiger partial charge in [-0.3, -0.25) is 9.59 Å². The first-order valence-corrected chi connectivity index (χ1v) is 22.9. The number of nitrogens with zero attached hydrogens (tertiary/aromatic N) is 4. The second kappa shape index (κ2) is 17.7. The summed E-state index contributed by atoms with van der Waals surface area (Å²) in [7, 11) is 2.58. The van der Waals surface area contributed by atoms with E-state index in [-0.39, 0.29) is 29.8 Å². The Balaban J connectivity index is 0.908. The summed E-state index contributed by atoms with van der Waals surface area (Å²) in [6, 6.07) is 21.9. The maximum atomic E-state index is 14.0. The first-order valence-electron chi connectivity index (χ1n) is 21.1. The molecule has 63 heavy (non-hydrogen) atoms. The smallest absolute Gasteiger partial charge is 0.407 e. The van der Waals surface area contributed by atoms with E-state index < -0.39 is 24.3 Å². The van der Waals surface area contributed by atoms with Crippen molar-refractivity contribution in [3.05, 3.63) is 107 Å². The number of alkyl carbamates (subject to hydrolysis) is 2. The molecule has 0 bridgehead atoms. The van der Waals surface area contributed by atoms with Crippen LogP contribution >= 0.6 is 22.7 Å². The van der Waals surface area contributed by atoms with Crippen molar-refractivity contribution in [1.82, 2.24) is 40.4 Å². The third kappa shape index (κ3) is 8.16. The molecule has 2 aliphatic heterocycles. The zero-order chi connectivity index (χ0) is 43.8. The standard InChI is InChI=1S/C47H48N8O6S2/c1-26(2)38(52-46(58)60-3)44(56)54-20-8-12-36(54)42-48-23-35(51-42)28-16-14-27(15-17-28)31-24-62-41-32(25-63-40(31)41)30-18-19-33-34(22-30)50-43(49-33)37-13-9-21-55(37)45(57)39(53-47(59)61-4)29-10-6-5-7-11-29/h5-7,10-11,14-19,22-26,36-39H,8-9,12-13,20-21H2,1-4H3,(H,48,51)(H,49,50)(H,52,58)(H,53,59)/t36?,37?,38-,39?/m0/s1. The molecule has 3 unspecified atom stereocenters. The Kier molecular flexibility index (Phi) is 11.7. The van der Waals surface area contributed by atoms with Crippen molar-refractivity contribution in [1.29, 1.82) is 0 Å². The van der Waals surface area contributed by atoms with E-state index in [1.165, 1.54) is 29.2 Å². The number of nitrogens with one attached hydrogen (secondary N) is 4. The number of methoxy groups -OCH3 is 2. The molecule has 2 aliphatic rings. The Morgan fingerprint density at radius 2 is 1.33 bits per heavy atom. The first-order chi connectivity index (χ1) is 30.6. The minimum atomic E-state index is -0.883. The lowest BCUT2D eigenvalue weighted by Gasteiger charge is -2.30.